The average molecular weight is 149 g/mol. The molecule has 0 bridgehead atoms. The lowest BCUT2D eigenvalue weighted by atomic mass is 9.99. The van der Waals surface area contributed by atoms with E-state index in [9.17, 15) is 0 Å². The molecule has 0 spiro atoms. The Morgan fingerprint density at radius 3 is 2.36 bits per heavy atom. The molecular formula is C11H17. The molecule has 0 atom stereocenters. The fourth-order valence-electron chi connectivity index (χ4n) is 1.49. The molecule has 1 aliphatic rings. The van der Waals surface area contributed by atoms with Crippen LogP contribution in [0, 0.1) is 5.92 Å². The minimum absolute atomic E-state index is 1.18. The quantitative estimate of drug-likeness (QED) is 0.562. The molecule has 61 valence electrons. The van der Waals surface area contributed by atoms with E-state index in [1.807, 2.05) is 0 Å². The number of rotatable bonds is 2. The van der Waals surface area contributed by atoms with Crippen molar-refractivity contribution in [1.29, 1.82) is 0 Å². The van der Waals surface area contributed by atoms with Crippen molar-refractivity contribution in [1.82, 2.24) is 0 Å². The molecule has 0 N–H and O–H groups in total. The van der Waals surface area contributed by atoms with Gasteiger partial charge in [0.15, 0.2) is 0 Å². The van der Waals surface area contributed by atoms with E-state index in [2.05, 4.69) is 33.8 Å². The van der Waals surface area contributed by atoms with Crippen molar-refractivity contribution in [3.63, 3.8) is 0 Å². The Morgan fingerprint density at radius 1 is 1.36 bits per heavy atom. The van der Waals surface area contributed by atoms with Crippen LogP contribution in [0.3, 0.4) is 0 Å². The zero-order valence-electron chi connectivity index (χ0n) is 7.99. The first-order chi connectivity index (χ1) is 5.11. The van der Waals surface area contributed by atoms with Gasteiger partial charge in [0.1, 0.15) is 0 Å². The minimum Gasteiger partial charge on any atom is -0.0772 e. The van der Waals surface area contributed by atoms with Gasteiger partial charge in [0.2, 0.25) is 0 Å². The predicted molar refractivity (Wildman–Crippen MR) is 50.3 cm³/mol. The molecule has 0 aromatic heterocycles. The molecule has 0 fully saturated rings. The molecule has 0 saturated carbocycles. The van der Waals surface area contributed by atoms with E-state index in [0.29, 0.717) is 0 Å². The van der Waals surface area contributed by atoms with Crippen molar-refractivity contribution in [2.75, 3.05) is 0 Å². The molecule has 1 aliphatic carbocycles. The third kappa shape index (κ3) is 1.95. The van der Waals surface area contributed by atoms with Gasteiger partial charge in [0.25, 0.3) is 0 Å². The van der Waals surface area contributed by atoms with E-state index < -0.39 is 0 Å². The Kier molecular flexibility index (Phi) is 2.53. The summed E-state index contributed by atoms with van der Waals surface area (Å²) in [5, 5.41) is 0. The topological polar surface area (TPSA) is 0 Å². The number of hydrogen-bond acceptors (Lipinski definition) is 0. The highest BCUT2D eigenvalue weighted by Gasteiger charge is 2.10. The molecule has 1 radical (unpaired) electrons. The third-order valence-corrected chi connectivity index (χ3v) is 2.34. The average Bonchev–Trinajstić information content (AvgIpc) is 2.18. The molecule has 0 aromatic rings. The van der Waals surface area contributed by atoms with Crippen molar-refractivity contribution in [3.05, 3.63) is 28.7 Å². The highest BCUT2D eigenvalue weighted by atomic mass is 14.2. The van der Waals surface area contributed by atoms with E-state index in [4.69, 9.17) is 0 Å². The van der Waals surface area contributed by atoms with Crippen LogP contribution in [-0.4, -0.2) is 0 Å². The molecule has 0 nitrogen and oxygen atoms in total. The Hall–Kier alpha value is -0.520. The van der Waals surface area contributed by atoms with Gasteiger partial charge in [-0.3, -0.25) is 0 Å². The van der Waals surface area contributed by atoms with Crippen LogP contribution in [0.15, 0.2) is 22.8 Å². The lowest BCUT2D eigenvalue weighted by molar-refractivity contribution is 0.912. The van der Waals surface area contributed by atoms with Gasteiger partial charge in [-0.05, 0) is 38.2 Å². The zero-order chi connectivity index (χ0) is 8.43. The summed E-state index contributed by atoms with van der Waals surface area (Å²) >= 11 is 0. The lowest BCUT2D eigenvalue weighted by Crippen LogP contribution is -1.89. The Bertz CT molecular complexity index is 204. The molecule has 0 heteroatoms. The van der Waals surface area contributed by atoms with Crippen LogP contribution in [0.25, 0.3) is 0 Å². The SMILES string of the molecule is C[C](C)CC1=C(C)C(C)=CC1. The zero-order valence-corrected chi connectivity index (χ0v) is 7.99. The second-order valence-electron chi connectivity index (χ2n) is 3.70. The maximum absolute atomic E-state index is 2.33. The van der Waals surface area contributed by atoms with Crippen LogP contribution in [0.1, 0.15) is 40.5 Å². The Morgan fingerprint density at radius 2 is 2.00 bits per heavy atom. The largest absolute Gasteiger partial charge is 0.0772 e. The van der Waals surface area contributed by atoms with E-state index in [1.54, 1.807) is 5.57 Å². The van der Waals surface area contributed by atoms with Crippen LogP contribution in [0.2, 0.25) is 0 Å². The molecule has 0 unspecified atom stereocenters. The molecule has 11 heavy (non-hydrogen) atoms. The molecule has 0 aliphatic heterocycles. The summed E-state index contributed by atoms with van der Waals surface area (Å²) in [5.74, 6) is 1.52. The van der Waals surface area contributed by atoms with Crippen molar-refractivity contribution in [3.8, 4) is 0 Å². The summed E-state index contributed by atoms with van der Waals surface area (Å²) < 4.78 is 0. The van der Waals surface area contributed by atoms with Gasteiger partial charge in [-0.2, -0.15) is 0 Å². The van der Waals surface area contributed by atoms with Crippen LogP contribution < -0.4 is 0 Å². The highest BCUT2D eigenvalue weighted by molar-refractivity contribution is 5.40. The Labute approximate surface area is 70.0 Å². The molecule has 0 heterocycles. The number of allylic oxidation sites excluding steroid dienone is 4. The van der Waals surface area contributed by atoms with E-state index in [-0.39, 0.29) is 0 Å². The predicted octanol–water partition coefficient (Wildman–Crippen LogP) is 3.66. The van der Waals surface area contributed by atoms with Gasteiger partial charge in [-0.25, -0.2) is 0 Å². The highest BCUT2D eigenvalue weighted by Crippen LogP contribution is 2.30. The smallest absolute Gasteiger partial charge is 0.0127 e. The summed E-state index contributed by atoms with van der Waals surface area (Å²) in [6.45, 7) is 8.84. The first-order valence-corrected chi connectivity index (χ1v) is 4.26. The van der Waals surface area contributed by atoms with Crippen molar-refractivity contribution >= 4 is 0 Å². The summed E-state index contributed by atoms with van der Waals surface area (Å²) in [6, 6.07) is 0. The lowest BCUT2D eigenvalue weighted by Gasteiger charge is -2.06. The second kappa shape index (κ2) is 3.25. The monoisotopic (exact) mass is 149 g/mol. The first kappa shape index (κ1) is 8.58. The van der Waals surface area contributed by atoms with Crippen LogP contribution in [0.4, 0.5) is 0 Å². The van der Waals surface area contributed by atoms with Crippen LogP contribution in [-0.2, 0) is 0 Å². The standard InChI is InChI=1S/C11H17/c1-8(2)7-11-6-5-9(3)10(11)4/h5H,6-7H2,1-4H3. The minimum atomic E-state index is 1.18. The molecule has 0 aromatic carbocycles. The molecule has 0 saturated heterocycles. The van der Waals surface area contributed by atoms with Gasteiger partial charge in [-0.15, -0.1) is 0 Å². The molecule has 0 amide bonds. The van der Waals surface area contributed by atoms with Crippen molar-refractivity contribution in [2.45, 2.75) is 40.5 Å². The second-order valence-corrected chi connectivity index (χ2v) is 3.70. The van der Waals surface area contributed by atoms with Gasteiger partial charge in [0, 0.05) is 0 Å². The fourth-order valence-corrected chi connectivity index (χ4v) is 1.49. The van der Waals surface area contributed by atoms with Gasteiger partial charge in [0.05, 0.1) is 0 Å². The summed E-state index contributed by atoms with van der Waals surface area (Å²) in [4.78, 5) is 0. The van der Waals surface area contributed by atoms with E-state index in [1.165, 1.54) is 29.9 Å². The maximum atomic E-state index is 2.33. The maximum Gasteiger partial charge on any atom is -0.0127 e. The van der Waals surface area contributed by atoms with Crippen LogP contribution in [0.5, 0.6) is 0 Å². The van der Waals surface area contributed by atoms with E-state index >= 15 is 0 Å². The summed E-state index contributed by atoms with van der Waals surface area (Å²) in [5.41, 5.74) is 4.61. The number of hydrogen-bond donors (Lipinski definition) is 0. The van der Waals surface area contributed by atoms with Gasteiger partial charge >= 0.3 is 0 Å². The first-order valence-electron chi connectivity index (χ1n) is 4.26. The molecular weight excluding hydrogens is 132 g/mol. The van der Waals surface area contributed by atoms with Crippen LogP contribution >= 0.6 is 0 Å². The fraction of sp³-hybridized carbons (Fsp3) is 0.545. The third-order valence-electron chi connectivity index (χ3n) is 2.34. The summed E-state index contributed by atoms with van der Waals surface area (Å²) in [7, 11) is 0. The Balaban J connectivity index is 2.63. The molecule has 1 rings (SSSR count). The van der Waals surface area contributed by atoms with Gasteiger partial charge in [-0.1, -0.05) is 31.1 Å². The van der Waals surface area contributed by atoms with Gasteiger partial charge < -0.3 is 0 Å². The summed E-state index contributed by atoms with van der Waals surface area (Å²) in [6.07, 6.45) is 4.70. The van der Waals surface area contributed by atoms with E-state index in [0.717, 1.165) is 0 Å². The normalized spacial score (nSPS) is 18.1. The van der Waals surface area contributed by atoms with Crippen molar-refractivity contribution in [2.24, 2.45) is 0 Å². The van der Waals surface area contributed by atoms with Crippen molar-refractivity contribution < 1.29 is 0 Å².